The van der Waals surface area contributed by atoms with Crippen LogP contribution in [0.5, 0.6) is 0 Å². The van der Waals surface area contributed by atoms with Crippen LogP contribution in [0.3, 0.4) is 0 Å². The van der Waals surface area contributed by atoms with E-state index in [2.05, 4.69) is 0 Å². The van der Waals surface area contributed by atoms with Gasteiger partial charge in [0.1, 0.15) is 0 Å². The number of hydrogen-bond acceptors (Lipinski definition) is 6. The van der Waals surface area contributed by atoms with E-state index in [-0.39, 0.29) is 11.6 Å². The second kappa shape index (κ2) is 18.0. The van der Waals surface area contributed by atoms with E-state index in [4.69, 9.17) is 32.7 Å². The van der Waals surface area contributed by atoms with E-state index in [0.717, 1.165) is 55.7 Å². The zero-order valence-electron chi connectivity index (χ0n) is 32.8. The summed E-state index contributed by atoms with van der Waals surface area (Å²) in [5, 5.41) is 0.972. The van der Waals surface area contributed by atoms with Gasteiger partial charge >= 0.3 is 17.6 Å². The van der Waals surface area contributed by atoms with Crippen molar-refractivity contribution in [3.8, 4) is 0 Å². The Morgan fingerprint density at radius 3 is 1.68 bits per heavy atom. The van der Waals surface area contributed by atoms with Gasteiger partial charge in [-0.25, -0.2) is 14.4 Å². The quantitative estimate of drug-likeness (QED) is 0.128. The minimum atomic E-state index is -0.421. The molecule has 11 heteroatoms. The summed E-state index contributed by atoms with van der Waals surface area (Å²) in [4.78, 5) is 51.5. The molecule has 1 aliphatic heterocycles. The van der Waals surface area contributed by atoms with Gasteiger partial charge in [0.2, 0.25) is 5.91 Å². The molecule has 1 aromatic heterocycles. The van der Waals surface area contributed by atoms with Crippen molar-refractivity contribution in [1.82, 2.24) is 9.13 Å². The summed E-state index contributed by atoms with van der Waals surface area (Å²) in [5.41, 5.74) is 10.4. The lowest BCUT2D eigenvalue weighted by Gasteiger charge is -2.18. The molecule has 9 nitrogen and oxygen atoms in total. The van der Waals surface area contributed by atoms with Crippen LogP contribution >= 0.6 is 23.2 Å². The number of aromatic nitrogens is 2. The molecular formula is C48H41Cl2N3O6. The van der Waals surface area contributed by atoms with E-state index in [1.807, 2.05) is 114 Å². The number of aryl methyl sites for hydroxylation is 1. The molecule has 59 heavy (non-hydrogen) atoms. The SMILES string of the molecule is COC(=O)c1cc(Cl)ccc1Cc1ccc2c(c1)CC(=O)N2Cc1ccccc1.COC(=O)c1cc(Cl)ccc1Cc1ccc2c(c1)n(C)c(=O)n2Cc1ccccc1. The first-order chi connectivity index (χ1) is 28.5. The largest absolute Gasteiger partial charge is 0.465 e. The maximum absolute atomic E-state index is 12.8. The van der Waals surface area contributed by atoms with Gasteiger partial charge in [0.05, 0.1) is 55.9 Å². The standard InChI is InChI=1S/C24H21ClN2O3.C24H20ClNO3/c1-26-22-13-17(12-18-9-10-19(25)14-20(18)23(28)30-2)8-11-21(22)27(24(26)29)15-16-6-4-3-5-7-16;1-29-24(28)21-14-20(25)9-8-18(21)11-17-7-10-22-19(12-17)13-23(27)26(22)15-16-5-3-2-4-6-16/h3-11,13-14H,12,15H2,1-2H3;2-10,12,14H,11,13,15H2,1H3. The molecule has 2 heterocycles. The molecular weight excluding hydrogens is 785 g/mol. The van der Waals surface area contributed by atoms with Crippen LogP contribution in [-0.4, -0.2) is 41.2 Å². The zero-order valence-corrected chi connectivity index (χ0v) is 34.3. The number of benzene rings is 6. The van der Waals surface area contributed by atoms with Crippen molar-refractivity contribution in [3.63, 3.8) is 0 Å². The monoisotopic (exact) mass is 825 g/mol. The topological polar surface area (TPSA) is 99.8 Å². The Balaban J connectivity index is 0.000000179. The van der Waals surface area contributed by atoms with Crippen LogP contribution in [0, 0.1) is 0 Å². The number of amides is 1. The molecule has 0 bridgehead atoms. The summed E-state index contributed by atoms with van der Waals surface area (Å²) in [7, 11) is 4.48. The average Bonchev–Trinajstić information content (AvgIpc) is 3.68. The average molecular weight is 827 g/mol. The highest BCUT2D eigenvalue weighted by Crippen LogP contribution is 2.32. The second-order valence-electron chi connectivity index (χ2n) is 14.3. The Labute approximate surface area is 352 Å². The molecule has 0 saturated carbocycles. The van der Waals surface area contributed by atoms with Gasteiger partial charge in [-0.1, -0.05) is 114 Å². The Bertz CT molecular complexity index is 2740. The van der Waals surface area contributed by atoms with E-state index >= 15 is 0 Å². The fourth-order valence-corrected chi connectivity index (χ4v) is 7.76. The lowest BCUT2D eigenvalue weighted by atomic mass is 9.98. The number of imidazole rings is 1. The Hall–Kier alpha value is -6.42. The fraction of sp³-hybridized carbons (Fsp3) is 0.167. The summed E-state index contributed by atoms with van der Waals surface area (Å²) >= 11 is 12.1. The summed E-state index contributed by atoms with van der Waals surface area (Å²) < 4.78 is 13.2. The number of anilines is 1. The molecule has 7 aromatic rings. The zero-order chi connectivity index (χ0) is 41.6. The highest BCUT2D eigenvalue weighted by molar-refractivity contribution is 6.31. The van der Waals surface area contributed by atoms with Crippen molar-refractivity contribution >= 4 is 57.8 Å². The predicted molar refractivity (Wildman–Crippen MR) is 232 cm³/mol. The maximum atomic E-state index is 12.8. The number of methoxy groups -OCH3 is 2. The van der Waals surface area contributed by atoms with Crippen molar-refractivity contribution < 1.29 is 23.9 Å². The summed E-state index contributed by atoms with van der Waals surface area (Å²) in [5.74, 6) is -0.731. The van der Waals surface area contributed by atoms with Crippen LogP contribution in [0.1, 0.15) is 59.7 Å². The van der Waals surface area contributed by atoms with Crippen LogP contribution in [0.2, 0.25) is 10.0 Å². The number of hydrogen-bond donors (Lipinski definition) is 0. The molecule has 0 fully saturated rings. The van der Waals surface area contributed by atoms with Crippen molar-refractivity contribution in [1.29, 1.82) is 0 Å². The first-order valence-corrected chi connectivity index (χ1v) is 19.7. The van der Waals surface area contributed by atoms with Gasteiger partial charge in [0.25, 0.3) is 0 Å². The normalized spacial score (nSPS) is 11.9. The van der Waals surface area contributed by atoms with Crippen molar-refractivity contribution in [2.75, 3.05) is 19.1 Å². The van der Waals surface area contributed by atoms with E-state index in [0.29, 0.717) is 53.5 Å². The number of halogens is 2. The van der Waals surface area contributed by atoms with Crippen LogP contribution in [0.25, 0.3) is 11.0 Å². The van der Waals surface area contributed by atoms with E-state index in [1.165, 1.54) is 14.2 Å². The molecule has 0 spiro atoms. The van der Waals surface area contributed by atoms with Crippen LogP contribution < -0.4 is 10.6 Å². The summed E-state index contributed by atoms with van der Waals surface area (Å²) in [6.07, 6.45) is 1.47. The minimum Gasteiger partial charge on any atom is -0.465 e. The Morgan fingerprint density at radius 2 is 1.12 bits per heavy atom. The van der Waals surface area contributed by atoms with Crippen LogP contribution in [-0.2, 0) is 53.7 Å². The van der Waals surface area contributed by atoms with Gasteiger partial charge in [-0.3, -0.25) is 13.9 Å². The second-order valence-corrected chi connectivity index (χ2v) is 15.2. The molecule has 6 aromatic carbocycles. The highest BCUT2D eigenvalue weighted by Gasteiger charge is 2.27. The number of fused-ring (bicyclic) bond motifs is 2. The molecule has 8 rings (SSSR count). The number of rotatable bonds is 10. The van der Waals surface area contributed by atoms with E-state index in [9.17, 15) is 19.2 Å². The summed E-state index contributed by atoms with van der Waals surface area (Å²) in [6.45, 7) is 1.08. The van der Waals surface area contributed by atoms with Gasteiger partial charge in [0, 0.05) is 22.8 Å². The van der Waals surface area contributed by atoms with Crippen LogP contribution in [0.4, 0.5) is 5.69 Å². The Morgan fingerprint density at radius 1 is 0.593 bits per heavy atom. The minimum absolute atomic E-state index is 0.0623. The molecule has 0 N–H and O–H groups in total. The highest BCUT2D eigenvalue weighted by atomic mass is 35.5. The van der Waals surface area contributed by atoms with E-state index < -0.39 is 11.9 Å². The van der Waals surface area contributed by atoms with Crippen molar-refractivity contribution in [3.05, 3.63) is 204 Å². The van der Waals surface area contributed by atoms with Crippen molar-refractivity contribution in [2.24, 2.45) is 7.05 Å². The third kappa shape index (κ3) is 9.17. The number of nitrogens with zero attached hydrogens (tertiary/aromatic N) is 3. The molecule has 1 amide bonds. The first kappa shape index (κ1) is 40.8. The van der Waals surface area contributed by atoms with Crippen LogP contribution in [0.15, 0.2) is 138 Å². The van der Waals surface area contributed by atoms with Gasteiger partial charge < -0.3 is 14.4 Å². The smallest absolute Gasteiger partial charge is 0.338 e. The molecule has 0 aliphatic carbocycles. The van der Waals surface area contributed by atoms with Gasteiger partial charge in [-0.2, -0.15) is 0 Å². The molecule has 298 valence electrons. The molecule has 1 aliphatic rings. The maximum Gasteiger partial charge on any atom is 0.338 e. The number of esters is 2. The van der Waals surface area contributed by atoms with Gasteiger partial charge in [0.15, 0.2) is 0 Å². The number of carbonyl (C=O) groups is 3. The van der Waals surface area contributed by atoms with Crippen molar-refractivity contribution in [2.45, 2.75) is 32.4 Å². The Kier molecular flexibility index (Phi) is 12.4. The van der Waals surface area contributed by atoms with Gasteiger partial charge in [-0.15, -0.1) is 0 Å². The number of carbonyl (C=O) groups excluding carboxylic acids is 3. The molecule has 0 unspecified atom stereocenters. The molecule has 0 radical (unpaired) electrons. The van der Waals surface area contributed by atoms with E-state index in [1.54, 1.807) is 40.4 Å². The molecule has 0 saturated heterocycles. The third-order valence-corrected chi connectivity index (χ3v) is 10.9. The summed E-state index contributed by atoms with van der Waals surface area (Å²) in [6, 6.07) is 42.3. The number of ether oxygens (including phenoxy) is 2. The molecule has 0 atom stereocenters. The first-order valence-electron chi connectivity index (χ1n) is 18.9. The fourth-order valence-electron chi connectivity index (χ4n) is 7.41. The predicted octanol–water partition coefficient (Wildman–Crippen LogP) is 9.23. The lowest BCUT2D eigenvalue weighted by Crippen LogP contribution is -2.25. The lowest BCUT2D eigenvalue weighted by molar-refractivity contribution is -0.117. The third-order valence-electron chi connectivity index (χ3n) is 10.4. The van der Waals surface area contributed by atoms with Gasteiger partial charge in [-0.05, 0) is 94.3 Å².